The lowest BCUT2D eigenvalue weighted by molar-refractivity contribution is 0.103. The Hall–Kier alpha value is -0.0400. The summed E-state index contributed by atoms with van der Waals surface area (Å²) < 4.78 is 0. The predicted molar refractivity (Wildman–Crippen MR) is 86.8 cm³/mol. The van der Waals surface area contributed by atoms with Crippen LogP contribution < -0.4 is 5.32 Å². The van der Waals surface area contributed by atoms with Crippen molar-refractivity contribution < 1.29 is 0 Å². The molecule has 4 unspecified atom stereocenters. The zero-order valence-electron chi connectivity index (χ0n) is 13.6. The monoisotopic (exact) mass is 277 g/mol. The normalized spacial score (nSPS) is 36.8. The third-order valence-electron chi connectivity index (χ3n) is 6.68. The lowest BCUT2D eigenvalue weighted by atomic mass is 9.65. The summed E-state index contributed by atoms with van der Waals surface area (Å²) in [6, 6.07) is 0.839. The number of fused-ring (bicyclic) bond motifs is 1. The Morgan fingerprint density at radius 2 is 1.55 bits per heavy atom. The van der Waals surface area contributed by atoms with Gasteiger partial charge in [0, 0.05) is 6.04 Å². The molecule has 0 spiro atoms. The van der Waals surface area contributed by atoms with Gasteiger partial charge in [0.15, 0.2) is 0 Å². The molecule has 20 heavy (non-hydrogen) atoms. The lowest BCUT2D eigenvalue weighted by Gasteiger charge is -2.42. The van der Waals surface area contributed by atoms with E-state index in [2.05, 4.69) is 12.2 Å². The molecule has 3 fully saturated rings. The van der Waals surface area contributed by atoms with Gasteiger partial charge in [0.05, 0.1) is 0 Å². The van der Waals surface area contributed by atoms with E-state index < -0.39 is 0 Å². The van der Waals surface area contributed by atoms with Gasteiger partial charge < -0.3 is 5.32 Å². The number of nitrogens with one attached hydrogen (secondary N) is 1. The SMILES string of the molecule is CCNC(CC1CCCC1)C1CCC2CCCCC2C1. The maximum atomic E-state index is 3.87. The topological polar surface area (TPSA) is 12.0 Å². The fourth-order valence-corrected chi connectivity index (χ4v) is 5.58. The Kier molecular flexibility index (Phi) is 5.42. The molecule has 0 amide bonds. The first-order valence-corrected chi connectivity index (χ1v) is 9.60. The van der Waals surface area contributed by atoms with Crippen LogP contribution in [0.15, 0.2) is 0 Å². The minimum absolute atomic E-state index is 0.839. The maximum Gasteiger partial charge on any atom is 0.00979 e. The Morgan fingerprint density at radius 1 is 0.850 bits per heavy atom. The molecule has 3 aliphatic carbocycles. The number of hydrogen-bond donors (Lipinski definition) is 1. The van der Waals surface area contributed by atoms with Crippen LogP contribution in [0.3, 0.4) is 0 Å². The van der Waals surface area contributed by atoms with E-state index in [1.54, 1.807) is 25.7 Å². The van der Waals surface area contributed by atoms with Crippen molar-refractivity contribution in [1.29, 1.82) is 0 Å². The highest BCUT2D eigenvalue weighted by molar-refractivity contribution is 4.89. The van der Waals surface area contributed by atoms with Gasteiger partial charge in [-0.2, -0.15) is 0 Å². The zero-order valence-corrected chi connectivity index (χ0v) is 13.6. The minimum atomic E-state index is 0.839. The summed E-state index contributed by atoms with van der Waals surface area (Å²) in [6.45, 7) is 3.47. The molecular formula is C19H35N. The van der Waals surface area contributed by atoms with Gasteiger partial charge in [-0.3, -0.25) is 0 Å². The molecule has 0 aromatic rings. The van der Waals surface area contributed by atoms with Gasteiger partial charge in [0.1, 0.15) is 0 Å². The van der Waals surface area contributed by atoms with Crippen molar-refractivity contribution in [2.75, 3.05) is 6.54 Å². The number of hydrogen-bond acceptors (Lipinski definition) is 1. The van der Waals surface area contributed by atoms with Crippen molar-refractivity contribution in [3.05, 3.63) is 0 Å². The molecule has 3 aliphatic rings. The van der Waals surface area contributed by atoms with Crippen molar-refractivity contribution in [2.45, 2.75) is 90.0 Å². The zero-order chi connectivity index (χ0) is 13.8. The van der Waals surface area contributed by atoms with Crippen molar-refractivity contribution in [1.82, 2.24) is 5.32 Å². The van der Waals surface area contributed by atoms with Crippen LogP contribution in [0.2, 0.25) is 0 Å². The van der Waals surface area contributed by atoms with Crippen LogP contribution in [0.5, 0.6) is 0 Å². The van der Waals surface area contributed by atoms with Crippen LogP contribution in [-0.4, -0.2) is 12.6 Å². The molecule has 3 saturated carbocycles. The van der Waals surface area contributed by atoms with Gasteiger partial charge in [-0.05, 0) is 55.9 Å². The third kappa shape index (κ3) is 3.59. The lowest BCUT2D eigenvalue weighted by Crippen LogP contribution is -2.42. The van der Waals surface area contributed by atoms with Crippen LogP contribution >= 0.6 is 0 Å². The van der Waals surface area contributed by atoms with Crippen LogP contribution in [0, 0.1) is 23.7 Å². The first-order valence-electron chi connectivity index (χ1n) is 9.60. The van der Waals surface area contributed by atoms with Gasteiger partial charge in [-0.15, -0.1) is 0 Å². The summed E-state index contributed by atoms with van der Waals surface area (Å²) in [5, 5.41) is 3.87. The smallest absolute Gasteiger partial charge is 0.00979 e. The highest BCUT2D eigenvalue weighted by Gasteiger charge is 2.36. The third-order valence-corrected chi connectivity index (χ3v) is 6.68. The van der Waals surface area contributed by atoms with E-state index in [1.807, 2.05) is 0 Å². The van der Waals surface area contributed by atoms with E-state index in [9.17, 15) is 0 Å². The average Bonchev–Trinajstić information content (AvgIpc) is 2.99. The molecular weight excluding hydrogens is 242 g/mol. The maximum absolute atomic E-state index is 3.87. The second kappa shape index (κ2) is 7.29. The molecule has 0 aromatic carbocycles. The Balaban J connectivity index is 1.56. The Bertz CT molecular complexity index is 281. The van der Waals surface area contributed by atoms with Crippen LogP contribution in [-0.2, 0) is 0 Å². The molecule has 1 N–H and O–H groups in total. The van der Waals surface area contributed by atoms with E-state index in [0.29, 0.717) is 0 Å². The number of rotatable bonds is 5. The standard InChI is InChI=1S/C19H35N/c1-2-20-19(13-15-7-3-4-8-15)18-12-11-16-9-5-6-10-17(16)14-18/h15-20H,2-14H2,1H3. The van der Waals surface area contributed by atoms with Gasteiger partial charge in [-0.1, -0.05) is 58.3 Å². The minimum Gasteiger partial charge on any atom is -0.314 e. The summed E-state index contributed by atoms with van der Waals surface area (Å²) in [5.41, 5.74) is 0. The summed E-state index contributed by atoms with van der Waals surface area (Å²) in [6.07, 6.45) is 18.2. The first kappa shape index (κ1) is 14.9. The first-order chi connectivity index (χ1) is 9.86. The Morgan fingerprint density at radius 3 is 2.30 bits per heavy atom. The molecule has 1 heteroatoms. The molecule has 4 atom stereocenters. The van der Waals surface area contributed by atoms with Gasteiger partial charge in [-0.25, -0.2) is 0 Å². The van der Waals surface area contributed by atoms with Gasteiger partial charge in [0.25, 0.3) is 0 Å². The summed E-state index contributed by atoms with van der Waals surface area (Å²) in [7, 11) is 0. The summed E-state index contributed by atoms with van der Waals surface area (Å²) in [4.78, 5) is 0. The van der Waals surface area contributed by atoms with E-state index in [-0.39, 0.29) is 0 Å². The quantitative estimate of drug-likeness (QED) is 0.732. The molecule has 116 valence electrons. The van der Waals surface area contributed by atoms with Crippen LogP contribution in [0.1, 0.15) is 84.0 Å². The summed E-state index contributed by atoms with van der Waals surface area (Å²) >= 11 is 0. The predicted octanol–water partition coefficient (Wildman–Crippen LogP) is 5.15. The van der Waals surface area contributed by atoms with Crippen molar-refractivity contribution in [2.24, 2.45) is 23.7 Å². The Labute approximate surface area is 126 Å². The van der Waals surface area contributed by atoms with Crippen molar-refractivity contribution in [3.63, 3.8) is 0 Å². The molecule has 0 saturated heterocycles. The molecule has 0 aliphatic heterocycles. The van der Waals surface area contributed by atoms with Crippen molar-refractivity contribution in [3.8, 4) is 0 Å². The molecule has 0 aromatic heterocycles. The fourth-order valence-electron chi connectivity index (χ4n) is 5.58. The second-order valence-corrected chi connectivity index (χ2v) is 7.93. The van der Waals surface area contributed by atoms with Gasteiger partial charge in [0.2, 0.25) is 0 Å². The van der Waals surface area contributed by atoms with Crippen LogP contribution in [0.25, 0.3) is 0 Å². The molecule has 0 radical (unpaired) electrons. The van der Waals surface area contributed by atoms with E-state index in [0.717, 1.165) is 29.7 Å². The van der Waals surface area contributed by atoms with Crippen molar-refractivity contribution >= 4 is 0 Å². The van der Waals surface area contributed by atoms with Crippen LogP contribution in [0.4, 0.5) is 0 Å². The van der Waals surface area contributed by atoms with E-state index >= 15 is 0 Å². The molecule has 1 nitrogen and oxygen atoms in total. The highest BCUT2D eigenvalue weighted by atomic mass is 14.9. The van der Waals surface area contributed by atoms with Gasteiger partial charge >= 0.3 is 0 Å². The molecule has 3 rings (SSSR count). The highest BCUT2D eigenvalue weighted by Crippen LogP contribution is 2.44. The molecule has 0 bridgehead atoms. The average molecular weight is 277 g/mol. The summed E-state index contributed by atoms with van der Waals surface area (Å²) in [5.74, 6) is 4.24. The van der Waals surface area contributed by atoms with E-state index in [1.165, 1.54) is 57.9 Å². The largest absolute Gasteiger partial charge is 0.314 e. The fraction of sp³-hybridized carbons (Fsp3) is 1.00. The second-order valence-electron chi connectivity index (χ2n) is 7.93. The van der Waals surface area contributed by atoms with E-state index in [4.69, 9.17) is 0 Å². The molecule has 0 heterocycles.